The molecule has 0 radical (unpaired) electrons. The molecule has 3 rings (SSSR count). The van der Waals surface area contributed by atoms with Crippen LogP contribution in [0.25, 0.3) is 0 Å². The predicted octanol–water partition coefficient (Wildman–Crippen LogP) is 3.26. The van der Waals surface area contributed by atoms with Crippen molar-refractivity contribution in [2.45, 2.75) is 25.9 Å². The molecule has 5 nitrogen and oxygen atoms in total. The summed E-state index contributed by atoms with van der Waals surface area (Å²) in [5.41, 5.74) is 1.24. The lowest BCUT2D eigenvalue weighted by Gasteiger charge is -2.34. The highest BCUT2D eigenvalue weighted by Gasteiger charge is 2.25. The Morgan fingerprint density at radius 1 is 1.23 bits per heavy atom. The molecule has 140 valence electrons. The van der Waals surface area contributed by atoms with Crippen LogP contribution < -0.4 is 0 Å². The number of nitrogens with zero attached hydrogens (tertiary/aromatic N) is 4. The fourth-order valence-electron chi connectivity index (χ4n) is 3.47. The van der Waals surface area contributed by atoms with Crippen molar-refractivity contribution in [3.63, 3.8) is 0 Å². The van der Waals surface area contributed by atoms with Gasteiger partial charge in [-0.15, -0.1) is 0 Å². The fraction of sp³-hybridized carbons (Fsp3) is 0.474. The molecular formula is C19H24F2N4O. The molecule has 1 amide bonds. The molecule has 0 unspecified atom stereocenters. The van der Waals surface area contributed by atoms with Gasteiger partial charge in [0.25, 0.3) is 5.91 Å². The Morgan fingerprint density at radius 3 is 2.58 bits per heavy atom. The zero-order chi connectivity index (χ0) is 18.5. The highest BCUT2D eigenvalue weighted by molar-refractivity contribution is 5.92. The van der Waals surface area contributed by atoms with Crippen molar-refractivity contribution in [2.24, 2.45) is 5.92 Å². The van der Waals surface area contributed by atoms with E-state index < -0.39 is 12.5 Å². The third-order valence-corrected chi connectivity index (χ3v) is 4.91. The van der Waals surface area contributed by atoms with Gasteiger partial charge in [0.05, 0.1) is 0 Å². The van der Waals surface area contributed by atoms with Crippen LogP contribution in [0.2, 0.25) is 0 Å². The number of benzene rings is 1. The number of hydrogen-bond acceptors (Lipinski definition) is 3. The van der Waals surface area contributed by atoms with Crippen molar-refractivity contribution in [3.05, 3.63) is 53.9 Å². The molecule has 0 spiro atoms. The Bertz CT molecular complexity index is 711. The SMILES string of the molecule is CN(CC1CCN(Cc2ccccc2)CC1)C(=O)c1ccnn1C(F)F. The van der Waals surface area contributed by atoms with E-state index in [-0.39, 0.29) is 5.69 Å². The number of carbonyl (C=O) groups excluding carboxylic acids is 1. The van der Waals surface area contributed by atoms with Gasteiger partial charge in [0, 0.05) is 26.3 Å². The van der Waals surface area contributed by atoms with E-state index >= 15 is 0 Å². The van der Waals surface area contributed by atoms with E-state index in [4.69, 9.17) is 0 Å². The standard InChI is InChI=1S/C19H24F2N4O/c1-23(18(26)17-7-10-22-25(17)19(20)21)13-16-8-11-24(12-9-16)14-15-5-3-2-4-6-15/h2-7,10,16,19H,8-9,11-14H2,1H3. The molecule has 1 aliphatic heterocycles. The molecule has 7 heteroatoms. The Hall–Kier alpha value is -2.28. The van der Waals surface area contributed by atoms with E-state index in [1.807, 2.05) is 18.2 Å². The second kappa shape index (κ2) is 8.40. The number of carbonyl (C=O) groups is 1. The maximum atomic E-state index is 12.9. The summed E-state index contributed by atoms with van der Waals surface area (Å²) in [6.07, 6.45) is 3.23. The molecule has 0 atom stereocenters. The van der Waals surface area contributed by atoms with E-state index in [9.17, 15) is 13.6 Å². The number of aromatic nitrogens is 2. The van der Waals surface area contributed by atoms with Crippen molar-refractivity contribution < 1.29 is 13.6 Å². The number of rotatable bonds is 6. The molecule has 1 aromatic heterocycles. The van der Waals surface area contributed by atoms with Crippen LogP contribution >= 0.6 is 0 Å². The largest absolute Gasteiger partial charge is 0.340 e. The molecule has 0 saturated carbocycles. The third kappa shape index (κ3) is 4.46. The van der Waals surface area contributed by atoms with Gasteiger partial charge in [-0.1, -0.05) is 30.3 Å². The van der Waals surface area contributed by atoms with Crippen LogP contribution in [0.3, 0.4) is 0 Å². The van der Waals surface area contributed by atoms with Gasteiger partial charge < -0.3 is 4.90 Å². The van der Waals surface area contributed by atoms with Crippen LogP contribution in [0.5, 0.6) is 0 Å². The van der Waals surface area contributed by atoms with Gasteiger partial charge in [0.2, 0.25) is 0 Å². The van der Waals surface area contributed by atoms with Crippen molar-refractivity contribution in [3.8, 4) is 0 Å². The average molecular weight is 362 g/mol. The summed E-state index contributed by atoms with van der Waals surface area (Å²) < 4.78 is 26.3. The summed E-state index contributed by atoms with van der Waals surface area (Å²) in [6, 6.07) is 11.7. The summed E-state index contributed by atoms with van der Waals surface area (Å²) in [4.78, 5) is 16.4. The average Bonchev–Trinajstić information content (AvgIpc) is 3.13. The Labute approximate surface area is 152 Å². The predicted molar refractivity (Wildman–Crippen MR) is 94.9 cm³/mol. The molecule has 2 aromatic rings. The molecule has 2 heterocycles. The molecule has 1 aliphatic rings. The maximum absolute atomic E-state index is 12.9. The van der Waals surface area contributed by atoms with Crippen molar-refractivity contribution in [1.82, 2.24) is 19.6 Å². The van der Waals surface area contributed by atoms with Gasteiger partial charge in [-0.3, -0.25) is 9.69 Å². The van der Waals surface area contributed by atoms with Crippen LogP contribution in [-0.4, -0.2) is 52.2 Å². The molecular weight excluding hydrogens is 338 g/mol. The number of alkyl halides is 2. The first-order valence-corrected chi connectivity index (χ1v) is 8.88. The van der Waals surface area contributed by atoms with Crippen LogP contribution in [-0.2, 0) is 6.54 Å². The maximum Gasteiger partial charge on any atom is 0.333 e. The Kier molecular flexibility index (Phi) is 5.98. The quantitative estimate of drug-likeness (QED) is 0.792. The zero-order valence-electron chi connectivity index (χ0n) is 14.9. The summed E-state index contributed by atoms with van der Waals surface area (Å²) in [7, 11) is 1.67. The number of piperidine rings is 1. The Morgan fingerprint density at radius 2 is 1.92 bits per heavy atom. The molecule has 0 aliphatic carbocycles. The number of amides is 1. The molecule has 1 aromatic carbocycles. The van der Waals surface area contributed by atoms with E-state index in [0.717, 1.165) is 32.5 Å². The van der Waals surface area contributed by atoms with Crippen LogP contribution in [0.1, 0.15) is 35.4 Å². The van der Waals surface area contributed by atoms with Crippen molar-refractivity contribution in [1.29, 1.82) is 0 Å². The highest BCUT2D eigenvalue weighted by Crippen LogP contribution is 2.21. The summed E-state index contributed by atoms with van der Waals surface area (Å²) >= 11 is 0. The van der Waals surface area contributed by atoms with Crippen LogP contribution in [0, 0.1) is 5.92 Å². The first kappa shape index (κ1) is 18.5. The van der Waals surface area contributed by atoms with Gasteiger partial charge in [-0.25, -0.2) is 0 Å². The topological polar surface area (TPSA) is 41.4 Å². The number of likely N-dealkylation sites (tertiary alicyclic amines) is 1. The normalized spacial score (nSPS) is 16.2. The third-order valence-electron chi connectivity index (χ3n) is 4.91. The monoisotopic (exact) mass is 362 g/mol. The summed E-state index contributed by atoms with van der Waals surface area (Å²) in [5, 5.41) is 3.53. The summed E-state index contributed by atoms with van der Waals surface area (Å²) in [6.45, 7) is 0.675. The second-order valence-electron chi connectivity index (χ2n) is 6.83. The Balaban J connectivity index is 1.49. The number of hydrogen-bond donors (Lipinski definition) is 0. The van der Waals surface area contributed by atoms with Gasteiger partial charge in [0.15, 0.2) is 0 Å². The van der Waals surface area contributed by atoms with Crippen LogP contribution in [0.4, 0.5) is 8.78 Å². The minimum atomic E-state index is -2.81. The minimum Gasteiger partial charge on any atom is -0.340 e. The van der Waals surface area contributed by atoms with E-state index in [2.05, 4.69) is 22.1 Å². The van der Waals surface area contributed by atoms with E-state index in [0.29, 0.717) is 17.1 Å². The lowest BCUT2D eigenvalue weighted by atomic mass is 9.96. The smallest absolute Gasteiger partial charge is 0.333 e. The first-order chi connectivity index (χ1) is 12.5. The summed E-state index contributed by atoms with van der Waals surface area (Å²) in [5.74, 6) is -0.0200. The van der Waals surface area contributed by atoms with Crippen LogP contribution in [0.15, 0.2) is 42.6 Å². The molecule has 1 saturated heterocycles. The van der Waals surface area contributed by atoms with Gasteiger partial charge in [-0.2, -0.15) is 18.6 Å². The highest BCUT2D eigenvalue weighted by atomic mass is 19.3. The number of halogens is 2. The zero-order valence-corrected chi connectivity index (χ0v) is 14.9. The second-order valence-corrected chi connectivity index (χ2v) is 6.83. The fourth-order valence-corrected chi connectivity index (χ4v) is 3.47. The minimum absolute atomic E-state index is 0.0657. The van der Waals surface area contributed by atoms with Gasteiger partial charge >= 0.3 is 6.55 Å². The molecule has 26 heavy (non-hydrogen) atoms. The first-order valence-electron chi connectivity index (χ1n) is 8.88. The molecule has 1 fully saturated rings. The van der Waals surface area contributed by atoms with Gasteiger partial charge in [-0.05, 0) is 43.5 Å². The lowest BCUT2D eigenvalue weighted by molar-refractivity contribution is 0.0462. The molecule has 0 N–H and O–H groups in total. The van der Waals surface area contributed by atoms with E-state index in [1.165, 1.54) is 22.7 Å². The van der Waals surface area contributed by atoms with Gasteiger partial charge in [0.1, 0.15) is 5.69 Å². The van der Waals surface area contributed by atoms with Crippen molar-refractivity contribution >= 4 is 5.91 Å². The lowest BCUT2D eigenvalue weighted by Crippen LogP contribution is -2.39. The molecule has 0 bridgehead atoms. The van der Waals surface area contributed by atoms with E-state index in [1.54, 1.807) is 7.05 Å². The van der Waals surface area contributed by atoms with Crippen molar-refractivity contribution in [2.75, 3.05) is 26.7 Å².